The lowest BCUT2D eigenvalue weighted by atomic mass is 10.0. The molecule has 6 nitrogen and oxygen atoms in total. The number of fused-ring (bicyclic) bond motifs is 1. The summed E-state index contributed by atoms with van der Waals surface area (Å²) < 4.78 is 28.2. The Bertz CT molecular complexity index is 1030. The van der Waals surface area contributed by atoms with E-state index in [2.05, 4.69) is 16.5 Å². The Morgan fingerprint density at radius 3 is 2.69 bits per heavy atom. The summed E-state index contributed by atoms with van der Waals surface area (Å²) in [7, 11) is -3.60. The summed E-state index contributed by atoms with van der Waals surface area (Å²) in [4.78, 5) is 6.93. The van der Waals surface area contributed by atoms with Crippen LogP contribution in [0.2, 0.25) is 0 Å². The van der Waals surface area contributed by atoms with Crippen LogP contribution >= 0.6 is 0 Å². The highest BCUT2D eigenvalue weighted by atomic mass is 32.2. The highest BCUT2D eigenvalue weighted by molar-refractivity contribution is 7.89. The van der Waals surface area contributed by atoms with E-state index in [-0.39, 0.29) is 17.7 Å². The number of aromatic nitrogens is 1. The van der Waals surface area contributed by atoms with Crippen LogP contribution in [0.3, 0.4) is 0 Å². The first-order chi connectivity index (χ1) is 13.8. The molecule has 29 heavy (non-hydrogen) atoms. The molecule has 0 radical (unpaired) electrons. The number of aryl methyl sites for hydroxylation is 2. The van der Waals surface area contributed by atoms with Crippen molar-refractivity contribution in [3.05, 3.63) is 65.6 Å². The molecular formula is C22H27N3O3S. The van der Waals surface area contributed by atoms with Crippen molar-refractivity contribution in [1.29, 1.82) is 0 Å². The number of aliphatic hydroxyl groups is 1. The number of hydrogen-bond acceptors (Lipinski definition) is 5. The standard InChI is InChI=1S/C22H27N3O3S/c1-15-4-9-22(23-13-15)25-11-10-24(14-16(25)2)29(27,28)19-7-5-18-6-8-20(17(3)26)21(18)12-19/h4-5,7,9,12-13,16,20,26H,3,6,8,10-11,14H2,1-2H3/t16-,20?/m1/s1. The third kappa shape index (κ3) is 3.65. The molecule has 2 aliphatic rings. The Morgan fingerprint density at radius 2 is 2.03 bits per heavy atom. The molecular weight excluding hydrogens is 386 g/mol. The van der Waals surface area contributed by atoms with Crippen LogP contribution in [0.15, 0.2) is 53.8 Å². The van der Waals surface area contributed by atoms with Gasteiger partial charge in [0.2, 0.25) is 10.0 Å². The second-order valence-electron chi connectivity index (χ2n) is 8.04. The molecule has 7 heteroatoms. The molecule has 154 valence electrons. The van der Waals surface area contributed by atoms with Crippen molar-refractivity contribution < 1.29 is 13.5 Å². The van der Waals surface area contributed by atoms with Crippen molar-refractivity contribution in [2.45, 2.75) is 43.5 Å². The number of benzene rings is 1. The van der Waals surface area contributed by atoms with Gasteiger partial charge in [0.05, 0.1) is 10.7 Å². The largest absolute Gasteiger partial charge is 0.512 e. The number of pyridine rings is 1. The van der Waals surface area contributed by atoms with E-state index < -0.39 is 10.0 Å². The average molecular weight is 414 g/mol. The van der Waals surface area contributed by atoms with Crippen LogP contribution in [0.5, 0.6) is 0 Å². The fourth-order valence-electron chi connectivity index (χ4n) is 4.35. The van der Waals surface area contributed by atoms with E-state index in [1.807, 2.05) is 38.2 Å². The van der Waals surface area contributed by atoms with Gasteiger partial charge >= 0.3 is 0 Å². The minimum Gasteiger partial charge on any atom is -0.512 e. The summed E-state index contributed by atoms with van der Waals surface area (Å²) in [5.41, 5.74) is 3.07. The average Bonchev–Trinajstić information content (AvgIpc) is 3.12. The Balaban J connectivity index is 1.56. The number of allylic oxidation sites excluding steroid dienone is 1. The Labute approximate surface area is 172 Å². The number of hydrogen-bond donors (Lipinski definition) is 1. The van der Waals surface area contributed by atoms with Crippen LogP contribution in [0, 0.1) is 6.92 Å². The smallest absolute Gasteiger partial charge is 0.243 e. The van der Waals surface area contributed by atoms with Crippen molar-refractivity contribution in [2.24, 2.45) is 0 Å². The number of aliphatic hydroxyl groups excluding tert-OH is 1. The van der Waals surface area contributed by atoms with Crippen LogP contribution in [0.4, 0.5) is 5.82 Å². The first kappa shape index (κ1) is 19.9. The molecule has 1 fully saturated rings. The van der Waals surface area contributed by atoms with E-state index in [0.717, 1.165) is 35.3 Å². The van der Waals surface area contributed by atoms with Gasteiger partial charge in [-0.05, 0) is 61.6 Å². The second kappa shape index (κ2) is 7.46. The monoisotopic (exact) mass is 413 g/mol. The van der Waals surface area contributed by atoms with Crippen LogP contribution in [-0.2, 0) is 16.4 Å². The number of anilines is 1. The molecule has 0 bridgehead atoms. The fraction of sp³-hybridized carbons (Fsp3) is 0.409. The van der Waals surface area contributed by atoms with Crippen LogP contribution < -0.4 is 4.90 Å². The Kier molecular flexibility index (Phi) is 5.12. The fourth-order valence-corrected chi connectivity index (χ4v) is 5.90. The summed E-state index contributed by atoms with van der Waals surface area (Å²) >= 11 is 0. The van der Waals surface area contributed by atoms with E-state index in [4.69, 9.17) is 0 Å². The van der Waals surface area contributed by atoms with E-state index in [1.165, 1.54) is 0 Å². The minimum atomic E-state index is -3.60. The van der Waals surface area contributed by atoms with E-state index in [0.29, 0.717) is 24.5 Å². The molecule has 1 aliphatic carbocycles. The molecule has 2 atom stereocenters. The van der Waals surface area contributed by atoms with Crippen LogP contribution in [-0.4, -0.2) is 48.5 Å². The lowest BCUT2D eigenvalue weighted by molar-refractivity contribution is 0.341. The van der Waals surface area contributed by atoms with Crippen molar-refractivity contribution >= 4 is 15.8 Å². The summed E-state index contributed by atoms with van der Waals surface area (Å²) in [5.74, 6) is 0.802. The topological polar surface area (TPSA) is 73.7 Å². The van der Waals surface area contributed by atoms with Gasteiger partial charge in [-0.1, -0.05) is 18.7 Å². The van der Waals surface area contributed by atoms with Crippen LogP contribution in [0.25, 0.3) is 0 Å². The van der Waals surface area contributed by atoms with Gasteiger partial charge in [0.1, 0.15) is 5.82 Å². The van der Waals surface area contributed by atoms with Gasteiger partial charge in [0.15, 0.2) is 0 Å². The first-order valence-corrected chi connectivity index (χ1v) is 11.4. The van der Waals surface area contributed by atoms with E-state index in [9.17, 15) is 13.5 Å². The van der Waals surface area contributed by atoms with Gasteiger partial charge in [0, 0.05) is 37.8 Å². The molecule has 1 aromatic carbocycles. The maximum atomic E-state index is 13.3. The van der Waals surface area contributed by atoms with E-state index >= 15 is 0 Å². The van der Waals surface area contributed by atoms with Crippen molar-refractivity contribution in [3.8, 4) is 0 Å². The molecule has 1 unspecified atom stereocenters. The van der Waals surface area contributed by atoms with Gasteiger partial charge in [-0.25, -0.2) is 13.4 Å². The molecule has 1 N–H and O–H groups in total. The third-order valence-corrected chi connectivity index (χ3v) is 7.88. The Hall–Kier alpha value is -2.38. The maximum absolute atomic E-state index is 13.3. The predicted molar refractivity (Wildman–Crippen MR) is 114 cm³/mol. The molecule has 0 saturated carbocycles. The normalized spacial score (nSPS) is 22.5. The van der Waals surface area contributed by atoms with Gasteiger partial charge < -0.3 is 10.0 Å². The third-order valence-electron chi connectivity index (χ3n) is 6.02. The molecule has 0 amide bonds. The zero-order valence-electron chi connectivity index (χ0n) is 16.9. The van der Waals surface area contributed by atoms with Crippen molar-refractivity contribution in [3.63, 3.8) is 0 Å². The summed E-state index contributed by atoms with van der Waals surface area (Å²) in [5, 5.41) is 9.86. The van der Waals surface area contributed by atoms with Crippen LogP contribution in [0.1, 0.15) is 36.0 Å². The van der Waals surface area contributed by atoms with Gasteiger partial charge in [-0.2, -0.15) is 4.31 Å². The number of nitrogens with zero attached hydrogens (tertiary/aromatic N) is 3. The molecule has 1 saturated heterocycles. The molecule has 4 rings (SSSR count). The summed E-state index contributed by atoms with van der Waals surface area (Å²) in [6.07, 6.45) is 3.44. The molecule has 1 aliphatic heterocycles. The maximum Gasteiger partial charge on any atom is 0.243 e. The Morgan fingerprint density at radius 1 is 1.24 bits per heavy atom. The second-order valence-corrected chi connectivity index (χ2v) is 9.98. The SMILES string of the molecule is C=C(O)C1CCc2ccc(S(=O)(=O)N3CCN(c4ccc(C)cn4)[C@H](C)C3)cc21. The minimum absolute atomic E-state index is 0.0214. The summed E-state index contributed by atoms with van der Waals surface area (Å²) in [6.45, 7) is 9.09. The molecule has 1 aromatic heterocycles. The zero-order valence-corrected chi connectivity index (χ0v) is 17.7. The number of piperazine rings is 1. The molecule has 2 aromatic rings. The van der Waals surface area contributed by atoms with Crippen molar-refractivity contribution in [2.75, 3.05) is 24.5 Å². The highest BCUT2D eigenvalue weighted by Crippen LogP contribution is 2.38. The lowest BCUT2D eigenvalue weighted by Crippen LogP contribution is -2.53. The molecule has 2 heterocycles. The number of rotatable bonds is 4. The highest BCUT2D eigenvalue weighted by Gasteiger charge is 2.34. The molecule has 0 spiro atoms. The summed E-state index contributed by atoms with van der Waals surface area (Å²) in [6, 6.07) is 9.32. The van der Waals surface area contributed by atoms with Gasteiger partial charge in [0.25, 0.3) is 0 Å². The predicted octanol–water partition coefficient (Wildman–Crippen LogP) is 3.39. The van der Waals surface area contributed by atoms with E-state index in [1.54, 1.807) is 16.4 Å². The first-order valence-electron chi connectivity index (χ1n) is 9.97. The van der Waals surface area contributed by atoms with Gasteiger partial charge in [-0.3, -0.25) is 0 Å². The zero-order chi connectivity index (χ0) is 20.8. The number of sulfonamides is 1. The lowest BCUT2D eigenvalue weighted by Gasteiger charge is -2.39. The van der Waals surface area contributed by atoms with Crippen molar-refractivity contribution in [1.82, 2.24) is 9.29 Å². The quantitative estimate of drug-likeness (QED) is 0.778. The van der Waals surface area contributed by atoms with Gasteiger partial charge in [-0.15, -0.1) is 0 Å².